The van der Waals surface area contributed by atoms with Gasteiger partial charge in [-0.15, -0.1) is 0 Å². The summed E-state index contributed by atoms with van der Waals surface area (Å²) in [7, 11) is -3.98. The maximum Gasteiger partial charge on any atom is 0.510 e. The van der Waals surface area contributed by atoms with E-state index in [0.29, 0.717) is 6.42 Å². The van der Waals surface area contributed by atoms with Crippen LogP contribution >= 0.6 is 7.60 Å². The summed E-state index contributed by atoms with van der Waals surface area (Å²) in [5.74, 6) is 0. The molecule has 1 unspecified atom stereocenters. The zero-order chi connectivity index (χ0) is 27.4. The summed E-state index contributed by atoms with van der Waals surface area (Å²) < 4.78 is 50.1. The van der Waals surface area contributed by atoms with E-state index in [-0.39, 0.29) is 6.10 Å². The molecule has 37 heavy (non-hydrogen) atoms. The Morgan fingerprint density at radius 3 is 2.14 bits per heavy atom. The lowest BCUT2D eigenvalue weighted by Crippen LogP contribution is -2.18. The number of carbonyl (C=O) groups excluding carboxylic acids is 2. The zero-order valence-electron chi connectivity index (χ0n) is 22.1. The van der Waals surface area contributed by atoms with E-state index in [0.717, 1.165) is 29.7 Å². The maximum absolute atomic E-state index is 13.1. The molecule has 2 rings (SSSR count). The Morgan fingerprint density at radius 2 is 1.57 bits per heavy atom. The van der Waals surface area contributed by atoms with Gasteiger partial charge in [0, 0.05) is 5.69 Å². The number of aromatic nitrogens is 3. The van der Waals surface area contributed by atoms with Crippen molar-refractivity contribution in [2.24, 2.45) is 0 Å². The molecule has 2 aromatic heterocycles. The van der Waals surface area contributed by atoms with Crippen LogP contribution in [0.2, 0.25) is 0 Å². The Balaban J connectivity index is 1.85. The summed E-state index contributed by atoms with van der Waals surface area (Å²) in [5.41, 5.74) is 2.90. The minimum absolute atomic E-state index is 0.304. The van der Waals surface area contributed by atoms with E-state index in [1.54, 1.807) is 27.7 Å². The normalized spacial score (nSPS) is 12.6. The summed E-state index contributed by atoms with van der Waals surface area (Å²) in [6.45, 7) is 8.91. The van der Waals surface area contributed by atoms with Crippen LogP contribution in [0.3, 0.4) is 0 Å². The van der Waals surface area contributed by atoms with Crippen molar-refractivity contribution in [2.75, 3.05) is 19.9 Å². The lowest BCUT2D eigenvalue weighted by Gasteiger charge is -2.21. The number of rotatable bonds is 15. The third-order valence-electron chi connectivity index (χ3n) is 4.80. The number of aryl methyl sites for hydroxylation is 2. The zero-order valence-corrected chi connectivity index (χ0v) is 23.0. The fourth-order valence-corrected chi connectivity index (χ4v) is 4.13. The van der Waals surface area contributed by atoms with Gasteiger partial charge in [-0.2, -0.15) is 5.10 Å². The van der Waals surface area contributed by atoms with Crippen molar-refractivity contribution < 1.29 is 46.9 Å². The lowest BCUT2D eigenvalue weighted by atomic mass is 10.1. The topological polar surface area (TPSA) is 146 Å². The van der Waals surface area contributed by atoms with Crippen molar-refractivity contribution in [1.82, 2.24) is 14.6 Å². The molecule has 0 N–H and O–H groups in total. The quantitative estimate of drug-likeness (QED) is 0.169. The fourth-order valence-electron chi connectivity index (χ4n) is 3.05. The van der Waals surface area contributed by atoms with Gasteiger partial charge in [-0.1, -0.05) is 0 Å². The first kappa shape index (κ1) is 30.5. The van der Waals surface area contributed by atoms with Crippen LogP contribution in [0.1, 0.15) is 58.8 Å². The Hall–Kier alpha value is -2.73. The second kappa shape index (κ2) is 14.9. The predicted molar refractivity (Wildman–Crippen MR) is 131 cm³/mol. The minimum atomic E-state index is -3.98. The third kappa shape index (κ3) is 11.0. The number of ether oxygens (including phenoxy) is 5. The van der Waals surface area contributed by atoms with E-state index in [1.807, 2.05) is 30.5 Å². The van der Waals surface area contributed by atoms with Crippen molar-refractivity contribution in [3.63, 3.8) is 0 Å². The van der Waals surface area contributed by atoms with Crippen molar-refractivity contribution in [3.05, 3.63) is 29.8 Å². The Kier molecular flexibility index (Phi) is 12.3. The molecule has 2 heterocycles. The SMILES string of the molecule is Cc1ncnn2c(CCCC(C)OCP(=O)(OCOC(=O)OC(C)C)OCOC(=O)OC(C)C)ccc12. The van der Waals surface area contributed by atoms with Gasteiger partial charge in [-0.25, -0.2) is 19.1 Å². The molecule has 14 heteroatoms. The van der Waals surface area contributed by atoms with E-state index in [2.05, 4.69) is 10.1 Å². The summed E-state index contributed by atoms with van der Waals surface area (Å²) >= 11 is 0. The van der Waals surface area contributed by atoms with Crippen LogP contribution in [0.25, 0.3) is 5.52 Å². The number of fused-ring (bicyclic) bond motifs is 1. The van der Waals surface area contributed by atoms with Crippen LogP contribution in [0, 0.1) is 6.92 Å². The summed E-state index contributed by atoms with van der Waals surface area (Å²) in [6.07, 6.45) is 0.137. The van der Waals surface area contributed by atoms with Crippen LogP contribution < -0.4 is 0 Å². The monoisotopic (exact) mass is 545 g/mol. The number of hydrogen-bond acceptors (Lipinski definition) is 12. The summed E-state index contributed by atoms with van der Waals surface area (Å²) in [5, 5.41) is 4.30. The van der Waals surface area contributed by atoms with Crippen LogP contribution in [0.15, 0.2) is 18.5 Å². The van der Waals surface area contributed by atoms with E-state index in [1.165, 1.54) is 6.33 Å². The van der Waals surface area contributed by atoms with Crippen molar-refractivity contribution in [1.29, 1.82) is 0 Å². The van der Waals surface area contributed by atoms with Crippen LogP contribution in [-0.4, -0.2) is 65.2 Å². The summed E-state index contributed by atoms with van der Waals surface area (Å²) in [6, 6.07) is 3.99. The molecule has 0 fully saturated rings. The first-order valence-corrected chi connectivity index (χ1v) is 13.7. The van der Waals surface area contributed by atoms with Gasteiger partial charge < -0.3 is 23.7 Å². The van der Waals surface area contributed by atoms with Gasteiger partial charge in [0.25, 0.3) is 0 Å². The number of carbonyl (C=O) groups is 2. The van der Waals surface area contributed by atoms with Crippen molar-refractivity contribution >= 4 is 25.4 Å². The number of nitrogens with zero attached hydrogens (tertiary/aromatic N) is 3. The molecule has 0 amide bonds. The highest BCUT2D eigenvalue weighted by Crippen LogP contribution is 2.48. The third-order valence-corrected chi connectivity index (χ3v) is 6.26. The van der Waals surface area contributed by atoms with Crippen LogP contribution in [0.5, 0.6) is 0 Å². The Bertz CT molecular complexity index is 1030. The molecule has 0 aliphatic heterocycles. The number of hydrogen-bond donors (Lipinski definition) is 0. The first-order valence-electron chi connectivity index (χ1n) is 11.9. The van der Waals surface area contributed by atoms with Crippen LogP contribution in [0.4, 0.5) is 9.59 Å². The van der Waals surface area contributed by atoms with Gasteiger partial charge in [0.15, 0.2) is 0 Å². The largest absolute Gasteiger partial charge is 0.510 e. The molecular formula is C23H36N3O10P. The van der Waals surface area contributed by atoms with Gasteiger partial charge in [-0.05, 0) is 72.9 Å². The highest BCUT2D eigenvalue weighted by molar-refractivity contribution is 7.53. The molecule has 0 aliphatic rings. The van der Waals surface area contributed by atoms with Crippen molar-refractivity contribution in [3.8, 4) is 0 Å². The Labute approximate surface area is 216 Å². The lowest BCUT2D eigenvalue weighted by molar-refractivity contribution is -0.0367. The van der Waals surface area contributed by atoms with Gasteiger partial charge in [0.05, 0.1) is 29.5 Å². The average molecular weight is 546 g/mol. The summed E-state index contributed by atoms with van der Waals surface area (Å²) in [4.78, 5) is 27.3. The molecule has 208 valence electrons. The second-order valence-corrected chi connectivity index (χ2v) is 10.7. The molecule has 0 saturated heterocycles. The van der Waals surface area contributed by atoms with Gasteiger partial charge >= 0.3 is 19.9 Å². The van der Waals surface area contributed by atoms with Gasteiger partial charge in [-0.3, -0.25) is 13.6 Å². The molecule has 2 aromatic rings. The molecule has 0 spiro atoms. The van der Waals surface area contributed by atoms with Crippen LogP contribution in [-0.2, 0) is 43.7 Å². The average Bonchev–Trinajstić information content (AvgIpc) is 3.21. The first-order chi connectivity index (χ1) is 17.5. The molecule has 0 bridgehead atoms. The fraction of sp³-hybridized carbons (Fsp3) is 0.652. The van der Waals surface area contributed by atoms with E-state index < -0.39 is 52.0 Å². The molecule has 1 atom stereocenters. The van der Waals surface area contributed by atoms with E-state index in [9.17, 15) is 14.2 Å². The molecule has 0 saturated carbocycles. The molecule has 0 aliphatic carbocycles. The van der Waals surface area contributed by atoms with E-state index >= 15 is 0 Å². The predicted octanol–water partition coefficient (Wildman–Crippen LogP) is 4.99. The minimum Gasteiger partial charge on any atom is -0.432 e. The molecule has 0 radical (unpaired) electrons. The molecule has 13 nitrogen and oxygen atoms in total. The highest BCUT2D eigenvalue weighted by Gasteiger charge is 2.28. The second-order valence-electron chi connectivity index (χ2n) is 8.69. The van der Waals surface area contributed by atoms with Crippen molar-refractivity contribution in [2.45, 2.75) is 79.1 Å². The van der Waals surface area contributed by atoms with E-state index in [4.69, 9.17) is 32.7 Å². The smallest absolute Gasteiger partial charge is 0.432 e. The standard InChI is InChI=1S/C23H36N3O10P/c1-16(2)35-22(27)30-13-33-37(29,34-14-31-23(28)36-17(3)4)15-32-18(5)8-7-9-20-10-11-21-19(6)24-12-25-26(20)21/h10-12,16-18H,7-9,13-15H2,1-6H3. The van der Waals surface area contributed by atoms with Gasteiger partial charge in [0.2, 0.25) is 13.6 Å². The highest BCUT2D eigenvalue weighted by atomic mass is 31.2. The Morgan fingerprint density at radius 1 is 0.973 bits per heavy atom. The van der Waals surface area contributed by atoms with Gasteiger partial charge in [0.1, 0.15) is 12.7 Å². The maximum atomic E-state index is 13.1. The molecule has 0 aromatic carbocycles. The molecular weight excluding hydrogens is 509 g/mol.